The van der Waals surface area contributed by atoms with Crippen molar-refractivity contribution in [3.8, 4) is 28.6 Å². The van der Waals surface area contributed by atoms with Gasteiger partial charge in [-0.15, -0.1) is 0 Å². The Morgan fingerprint density at radius 3 is 2.50 bits per heavy atom. The molecule has 198 valence electrons. The van der Waals surface area contributed by atoms with Gasteiger partial charge in [0.1, 0.15) is 6.07 Å². The van der Waals surface area contributed by atoms with Crippen LogP contribution in [-0.2, 0) is 9.53 Å². The van der Waals surface area contributed by atoms with Gasteiger partial charge in [-0.1, -0.05) is 41.9 Å². The summed E-state index contributed by atoms with van der Waals surface area (Å²) >= 11 is 6.49. The normalized spacial score (nSPS) is 10.6. The summed E-state index contributed by atoms with van der Waals surface area (Å²) < 4.78 is 4.68. The summed E-state index contributed by atoms with van der Waals surface area (Å²) in [5.74, 6) is -0.453. The highest BCUT2D eigenvalue weighted by Gasteiger charge is 2.19. The lowest BCUT2D eigenvalue weighted by molar-refractivity contribution is -0.115. The molecule has 3 aromatic carbocycles. The Bertz CT molecular complexity index is 1750. The maximum atomic E-state index is 12.5. The first-order chi connectivity index (χ1) is 19.5. The Kier molecular flexibility index (Phi) is 7.66. The number of H-pyrrole nitrogens is 1. The largest absolute Gasteiger partial charge is 0.465 e. The van der Waals surface area contributed by atoms with E-state index in [9.17, 15) is 14.9 Å². The Morgan fingerprint density at radius 1 is 1.02 bits per heavy atom. The highest BCUT2D eigenvalue weighted by Crippen LogP contribution is 2.35. The molecule has 0 atom stereocenters. The van der Waals surface area contributed by atoms with Gasteiger partial charge >= 0.3 is 5.97 Å². The summed E-state index contributed by atoms with van der Waals surface area (Å²) in [6.45, 7) is 0.204. The van der Waals surface area contributed by atoms with Gasteiger partial charge < -0.3 is 15.4 Å². The number of nitrogens with one attached hydrogen (secondary N) is 3. The molecule has 5 rings (SSSR count). The first kappa shape index (κ1) is 26.3. The van der Waals surface area contributed by atoms with E-state index in [-0.39, 0.29) is 30.4 Å². The van der Waals surface area contributed by atoms with E-state index in [2.05, 4.69) is 36.6 Å². The second-order valence-electron chi connectivity index (χ2n) is 8.68. The molecule has 1 amide bonds. The number of hydrogen-bond acceptors (Lipinski definition) is 8. The lowest BCUT2D eigenvalue weighted by Gasteiger charge is -2.14. The van der Waals surface area contributed by atoms with Gasteiger partial charge in [0.2, 0.25) is 5.91 Å². The Balaban J connectivity index is 1.38. The molecule has 5 aromatic rings. The van der Waals surface area contributed by atoms with Gasteiger partial charge in [-0.25, -0.2) is 14.8 Å². The number of fused-ring (bicyclic) bond motifs is 1. The average Bonchev–Trinajstić information content (AvgIpc) is 3.47. The van der Waals surface area contributed by atoms with Crippen LogP contribution in [0.5, 0.6) is 0 Å². The summed E-state index contributed by atoms with van der Waals surface area (Å²) in [6, 6.07) is 21.6. The van der Waals surface area contributed by atoms with Crippen LogP contribution in [0.25, 0.3) is 33.4 Å². The van der Waals surface area contributed by atoms with Gasteiger partial charge in [0.25, 0.3) is 0 Å². The number of methoxy groups -OCH3 is 1. The summed E-state index contributed by atoms with van der Waals surface area (Å²) in [5, 5.41) is 23.9. The fourth-order valence-electron chi connectivity index (χ4n) is 4.11. The number of aromatic amines is 1. The van der Waals surface area contributed by atoms with Crippen LogP contribution in [-0.4, -0.2) is 45.7 Å². The summed E-state index contributed by atoms with van der Waals surface area (Å²) in [7, 11) is 1.30. The maximum Gasteiger partial charge on any atom is 0.337 e. The van der Waals surface area contributed by atoms with Crippen molar-refractivity contribution in [2.75, 3.05) is 24.3 Å². The lowest BCUT2D eigenvalue weighted by atomic mass is 10.0. The van der Waals surface area contributed by atoms with Gasteiger partial charge in [-0.3, -0.25) is 9.89 Å². The highest BCUT2D eigenvalue weighted by molar-refractivity contribution is 6.35. The van der Waals surface area contributed by atoms with Crippen molar-refractivity contribution in [2.45, 2.75) is 6.42 Å². The molecule has 0 spiro atoms. The molecule has 2 aromatic heterocycles. The van der Waals surface area contributed by atoms with Crippen LogP contribution in [0.1, 0.15) is 22.5 Å². The van der Waals surface area contributed by atoms with Crippen LogP contribution in [0.4, 0.5) is 11.5 Å². The standard InChI is InChI=1S/C29H22ClN7O3/c1-40-29(39)18-7-9-21(10-8-18)34-24(38)11-12-32-28-23(15-31)35-27(26(36-28)17-5-3-2-4-6-17)19-13-20-16-33-37-25(20)22(30)14-19/h2-10,13-14,16H,11-12H2,1H3,(H,32,36)(H,33,37)(H,34,38). The number of aromatic nitrogens is 4. The molecule has 0 radical (unpaired) electrons. The third-order valence-corrected chi connectivity index (χ3v) is 6.36. The summed E-state index contributed by atoms with van der Waals surface area (Å²) in [4.78, 5) is 33.5. The van der Waals surface area contributed by atoms with Gasteiger partial charge in [-0.05, 0) is 36.4 Å². The second kappa shape index (κ2) is 11.6. The third-order valence-electron chi connectivity index (χ3n) is 6.06. The number of carbonyl (C=O) groups excluding carboxylic acids is 2. The monoisotopic (exact) mass is 551 g/mol. The second-order valence-corrected chi connectivity index (χ2v) is 9.09. The minimum absolute atomic E-state index is 0.0805. The SMILES string of the molecule is COC(=O)c1ccc(NC(=O)CCNc2nc(-c3ccccc3)c(-c3cc(Cl)c4[nH]ncc4c3)nc2C#N)cc1. The van der Waals surface area contributed by atoms with Crippen molar-refractivity contribution in [3.05, 3.63) is 89.2 Å². The van der Waals surface area contributed by atoms with Crippen molar-refractivity contribution >= 4 is 45.9 Å². The van der Waals surface area contributed by atoms with E-state index in [1.807, 2.05) is 36.4 Å². The van der Waals surface area contributed by atoms with Gasteiger partial charge in [-0.2, -0.15) is 10.4 Å². The fourth-order valence-corrected chi connectivity index (χ4v) is 4.38. The number of amides is 1. The van der Waals surface area contributed by atoms with Crippen LogP contribution in [0.2, 0.25) is 5.02 Å². The Labute approximate surface area is 234 Å². The molecule has 0 unspecified atom stereocenters. The smallest absolute Gasteiger partial charge is 0.337 e. The zero-order chi connectivity index (χ0) is 28.1. The first-order valence-electron chi connectivity index (χ1n) is 12.2. The molecular formula is C29H22ClN7O3. The zero-order valence-corrected chi connectivity index (χ0v) is 22.0. The molecule has 0 saturated heterocycles. The summed E-state index contributed by atoms with van der Waals surface area (Å²) in [6.07, 6.45) is 1.76. The number of nitriles is 1. The van der Waals surface area contributed by atoms with Crippen molar-refractivity contribution in [1.82, 2.24) is 20.2 Å². The van der Waals surface area contributed by atoms with Crippen LogP contribution in [0.15, 0.2) is 72.9 Å². The molecule has 11 heteroatoms. The minimum Gasteiger partial charge on any atom is -0.465 e. The van der Waals surface area contributed by atoms with E-state index < -0.39 is 5.97 Å². The van der Waals surface area contributed by atoms with Crippen molar-refractivity contribution in [3.63, 3.8) is 0 Å². The van der Waals surface area contributed by atoms with E-state index in [4.69, 9.17) is 16.6 Å². The first-order valence-corrected chi connectivity index (χ1v) is 12.6. The molecular weight excluding hydrogens is 530 g/mol. The number of hydrogen-bond donors (Lipinski definition) is 3. The number of rotatable bonds is 8. The molecule has 0 aliphatic carbocycles. The van der Waals surface area contributed by atoms with E-state index in [0.717, 1.165) is 10.9 Å². The molecule has 3 N–H and O–H groups in total. The topological polar surface area (TPSA) is 146 Å². The van der Waals surface area contributed by atoms with Crippen LogP contribution in [0, 0.1) is 11.3 Å². The average molecular weight is 552 g/mol. The number of carbonyl (C=O) groups is 2. The molecule has 0 aliphatic rings. The quantitative estimate of drug-likeness (QED) is 0.216. The highest BCUT2D eigenvalue weighted by atomic mass is 35.5. The predicted molar refractivity (Wildman–Crippen MR) is 152 cm³/mol. The molecule has 2 heterocycles. The van der Waals surface area contributed by atoms with Gasteiger partial charge in [0.15, 0.2) is 11.5 Å². The fraction of sp³-hybridized carbons (Fsp3) is 0.103. The number of anilines is 2. The van der Waals surface area contributed by atoms with Crippen molar-refractivity contribution in [1.29, 1.82) is 5.26 Å². The molecule has 0 fully saturated rings. The molecule has 0 saturated carbocycles. The molecule has 10 nitrogen and oxygen atoms in total. The Morgan fingerprint density at radius 2 is 1.77 bits per heavy atom. The van der Waals surface area contributed by atoms with Crippen LogP contribution in [0.3, 0.4) is 0 Å². The van der Waals surface area contributed by atoms with Gasteiger partial charge in [0, 0.05) is 35.2 Å². The summed E-state index contributed by atoms with van der Waals surface area (Å²) in [5.41, 5.74) is 4.24. The van der Waals surface area contributed by atoms with E-state index >= 15 is 0 Å². The molecule has 40 heavy (non-hydrogen) atoms. The van der Waals surface area contributed by atoms with Crippen LogP contribution < -0.4 is 10.6 Å². The lowest BCUT2D eigenvalue weighted by Crippen LogP contribution is -2.17. The zero-order valence-electron chi connectivity index (χ0n) is 21.2. The van der Waals surface area contributed by atoms with Crippen molar-refractivity contribution in [2.24, 2.45) is 0 Å². The van der Waals surface area contributed by atoms with E-state index in [0.29, 0.717) is 38.7 Å². The van der Waals surface area contributed by atoms with Crippen LogP contribution >= 0.6 is 11.6 Å². The van der Waals surface area contributed by atoms with Gasteiger partial charge in [0.05, 0.1) is 40.8 Å². The molecule has 0 aliphatic heterocycles. The number of ether oxygens (including phenoxy) is 1. The van der Waals surface area contributed by atoms with E-state index in [1.54, 1.807) is 36.5 Å². The molecule has 0 bridgehead atoms. The predicted octanol–water partition coefficient (Wildman–Crippen LogP) is 5.44. The third kappa shape index (κ3) is 5.60. The number of esters is 1. The number of halogens is 1. The minimum atomic E-state index is -0.456. The number of nitrogens with zero attached hydrogens (tertiary/aromatic N) is 4. The van der Waals surface area contributed by atoms with E-state index in [1.165, 1.54) is 7.11 Å². The maximum absolute atomic E-state index is 12.5. The van der Waals surface area contributed by atoms with Crippen molar-refractivity contribution < 1.29 is 14.3 Å². The Hall–Kier alpha value is -5.27. The number of benzene rings is 3.